The smallest absolute Gasteiger partial charge is 0.275 e. The lowest BCUT2D eigenvalue weighted by molar-refractivity contribution is -0.682. The fraction of sp³-hybridized carbons (Fsp3) is 0.588. The van der Waals surface area contributed by atoms with Gasteiger partial charge in [0, 0.05) is 11.6 Å². The van der Waals surface area contributed by atoms with Crippen LogP contribution in [0.15, 0.2) is 30.3 Å². The molecule has 0 unspecified atom stereocenters. The van der Waals surface area contributed by atoms with E-state index in [0.717, 1.165) is 6.42 Å². The van der Waals surface area contributed by atoms with Crippen LogP contribution in [0.5, 0.6) is 0 Å². The van der Waals surface area contributed by atoms with E-state index in [1.54, 1.807) is 0 Å². The minimum Gasteiger partial charge on any atom is -0.348 e. The molecule has 110 valence electrons. The zero-order valence-corrected chi connectivity index (χ0v) is 12.6. The molecule has 0 aromatic heterocycles. The number of carbonyl (C=O) groups excluding carboxylic acids is 1. The molecule has 20 heavy (non-hydrogen) atoms. The molecule has 3 heteroatoms. The second-order valence-corrected chi connectivity index (χ2v) is 6.07. The van der Waals surface area contributed by atoms with Crippen LogP contribution in [-0.2, 0) is 4.79 Å². The van der Waals surface area contributed by atoms with Crippen LogP contribution in [0.2, 0.25) is 0 Å². The van der Waals surface area contributed by atoms with E-state index in [9.17, 15) is 4.79 Å². The molecule has 0 saturated heterocycles. The third-order valence-electron chi connectivity index (χ3n) is 4.44. The van der Waals surface area contributed by atoms with Crippen LogP contribution in [0.25, 0.3) is 0 Å². The van der Waals surface area contributed by atoms with Gasteiger partial charge in [-0.1, -0.05) is 50.1 Å². The van der Waals surface area contributed by atoms with E-state index in [1.807, 2.05) is 18.2 Å². The Bertz CT molecular complexity index is 418. The van der Waals surface area contributed by atoms with E-state index < -0.39 is 0 Å². The predicted octanol–water partition coefficient (Wildman–Crippen LogP) is 2.01. The van der Waals surface area contributed by atoms with Gasteiger partial charge in [0.1, 0.15) is 6.04 Å². The molecule has 0 aliphatic heterocycles. The largest absolute Gasteiger partial charge is 0.348 e. The van der Waals surface area contributed by atoms with E-state index in [1.165, 1.54) is 24.8 Å². The Kier molecular flexibility index (Phi) is 5.60. The number of rotatable bonds is 5. The van der Waals surface area contributed by atoms with Gasteiger partial charge in [-0.3, -0.25) is 4.79 Å². The molecule has 0 heterocycles. The van der Waals surface area contributed by atoms with Gasteiger partial charge >= 0.3 is 0 Å². The van der Waals surface area contributed by atoms with Crippen molar-refractivity contribution in [3.63, 3.8) is 0 Å². The summed E-state index contributed by atoms with van der Waals surface area (Å²) in [5.41, 5.74) is 1.27. The maximum absolute atomic E-state index is 12.1. The molecule has 0 bridgehead atoms. The van der Waals surface area contributed by atoms with Crippen molar-refractivity contribution in [2.75, 3.05) is 6.54 Å². The molecule has 1 amide bonds. The van der Waals surface area contributed by atoms with Crippen LogP contribution in [0, 0.1) is 5.92 Å². The summed E-state index contributed by atoms with van der Waals surface area (Å²) in [6, 6.07) is 11.0. The maximum Gasteiger partial charge on any atom is 0.275 e. The van der Waals surface area contributed by atoms with Gasteiger partial charge in [0.25, 0.3) is 5.91 Å². The highest BCUT2D eigenvalue weighted by atomic mass is 16.2. The molecule has 1 aliphatic carbocycles. The number of nitrogens with two attached hydrogens (primary N) is 1. The van der Waals surface area contributed by atoms with Crippen molar-refractivity contribution in [3.8, 4) is 0 Å². The molecule has 1 aromatic rings. The van der Waals surface area contributed by atoms with Gasteiger partial charge in [-0.15, -0.1) is 0 Å². The van der Waals surface area contributed by atoms with Crippen LogP contribution in [0.3, 0.4) is 0 Å². The molecule has 3 atom stereocenters. The SMILES string of the molecule is C[C@H]([NH2+]CC(=O)N[C@H]1CCCC[C@@H]1C)c1ccccc1. The van der Waals surface area contributed by atoms with Crippen molar-refractivity contribution in [1.29, 1.82) is 0 Å². The first kappa shape index (κ1) is 15.0. The van der Waals surface area contributed by atoms with Crippen LogP contribution in [0.1, 0.15) is 51.1 Å². The second-order valence-electron chi connectivity index (χ2n) is 6.07. The van der Waals surface area contributed by atoms with Crippen LogP contribution in [-0.4, -0.2) is 18.5 Å². The highest BCUT2D eigenvalue weighted by Crippen LogP contribution is 2.23. The zero-order chi connectivity index (χ0) is 14.4. The lowest BCUT2D eigenvalue weighted by atomic mass is 9.86. The van der Waals surface area contributed by atoms with Crippen molar-refractivity contribution in [2.24, 2.45) is 5.92 Å². The first-order valence-corrected chi connectivity index (χ1v) is 7.84. The molecular formula is C17H27N2O+. The molecule has 3 nitrogen and oxygen atoms in total. The molecule has 1 aromatic carbocycles. The zero-order valence-electron chi connectivity index (χ0n) is 12.6. The average Bonchev–Trinajstić information content (AvgIpc) is 2.48. The van der Waals surface area contributed by atoms with E-state index in [0.29, 0.717) is 24.5 Å². The molecule has 1 fully saturated rings. The first-order chi connectivity index (χ1) is 9.66. The number of nitrogens with one attached hydrogen (secondary N) is 1. The fourth-order valence-corrected chi connectivity index (χ4v) is 2.97. The van der Waals surface area contributed by atoms with Gasteiger partial charge in [-0.2, -0.15) is 0 Å². The number of hydrogen-bond donors (Lipinski definition) is 2. The minimum atomic E-state index is 0.173. The number of benzene rings is 1. The number of hydrogen-bond acceptors (Lipinski definition) is 1. The Morgan fingerprint density at radius 2 is 2.00 bits per heavy atom. The highest BCUT2D eigenvalue weighted by Gasteiger charge is 2.23. The summed E-state index contributed by atoms with van der Waals surface area (Å²) in [4.78, 5) is 12.1. The fourth-order valence-electron chi connectivity index (χ4n) is 2.97. The minimum absolute atomic E-state index is 0.173. The number of amides is 1. The number of carbonyl (C=O) groups is 1. The topological polar surface area (TPSA) is 45.7 Å². The summed E-state index contributed by atoms with van der Waals surface area (Å²) in [7, 11) is 0. The third kappa shape index (κ3) is 4.34. The summed E-state index contributed by atoms with van der Waals surface area (Å²) in [6.45, 7) is 4.91. The summed E-state index contributed by atoms with van der Waals surface area (Å²) >= 11 is 0. The summed E-state index contributed by atoms with van der Waals surface area (Å²) < 4.78 is 0. The first-order valence-electron chi connectivity index (χ1n) is 7.84. The third-order valence-corrected chi connectivity index (χ3v) is 4.44. The Morgan fingerprint density at radius 3 is 2.70 bits per heavy atom. The van der Waals surface area contributed by atoms with E-state index >= 15 is 0 Å². The van der Waals surface area contributed by atoms with Crippen molar-refractivity contribution in [3.05, 3.63) is 35.9 Å². The van der Waals surface area contributed by atoms with Gasteiger partial charge in [-0.25, -0.2) is 0 Å². The van der Waals surface area contributed by atoms with Gasteiger partial charge in [-0.05, 0) is 25.7 Å². The monoisotopic (exact) mass is 275 g/mol. The molecule has 1 saturated carbocycles. The van der Waals surface area contributed by atoms with Crippen molar-refractivity contribution in [2.45, 2.75) is 51.6 Å². The summed E-state index contributed by atoms with van der Waals surface area (Å²) in [5.74, 6) is 0.797. The average molecular weight is 275 g/mol. The molecule has 0 radical (unpaired) electrons. The lowest BCUT2D eigenvalue weighted by Crippen LogP contribution is -2.87. The lowest BCUT2D eigenvalue weighted by Gasteiger charge is -2.29. The molecule has 2 rings (SSSR count). The second kappa shape index (κ2) is 7.44. The molecule has 0 spiro atoms. The number of quaternary nitrogens is 1. The van der Waals surface area contributed by atoms with Crippen molar-refractivity contribution < 1.29 is 10.1 Å². The molecular weight excluding hydrogens is 248 g/mol. The van der Waals surface area contributed by atoms with Crippen LogP contribution < -0.4 is 10.6 Å². The van der Waals surface area contributed by atoms with E-state index in [-0.39, 0.29) is 5.91 Å². The Labute approximate surface area is 122 Å². The summed E-state index contributed by atoms with van der Waals surface area (Å²) in [6.07, 6.45) is 4.94. The Balaban J connectivity index is 1.74. The molecule has 1 aliphatic rings. The summed E-state index contributed by atoms with van der Waals surface area (Å²) in [5, 5.41) is 5.31. The Hall–Kier alpha value is -1.35. The van der Waals surface area contributed by atoms with Gasteiger partial charge in [0.15, 0.2) is 6.54 Å². The van der Waals surface area contributed by atoms with Crippen LogP contribution >= 0.6 is 0 Å². The van der Waals surface area contributed by atoms with E-state index in [4.69, 9.17) is 0 Å². The van der Waals surface area contributed by atoms with E-state index in [2.05, 4.69) is 36.6 Å². The van der Waals surface area contributed by atoms with Gasteiger partial charge in [0.05, 0.1) is 0 Å². The van der Waals surface area contributed by atoms with Gasteiger partial charge in [0.2, 0.25) is 0 Å². The standard InChI is InChI=1S/C17H26N2O/c1-13-8-6-7-11-16(13)19-17(20)12-18-14(2)15-9-4-3-5-10-15/h3-5,9-10,13-14,16,18H,6-8,11-12H2,1-2H3,(H,19,20)/p+1/t13-,14-,16-/m0/s1. The normalized spacial score (nSPS) is 24.1. The van der Waals surface area contributed by atoms with Crippen molar-refractivity contribution in [1.82, 2.24) is 5.32 Å². The quantitative estimate of drug-likeness (QED) is 0.848. The predicted molar refractivity (Wildman–Crippen MR) is 81.2 cm³/mol. The van der Waals surface area contributed by atoms with Crippen LogP contribution in [0.4, 0.5) is 0 Å². The maximum atomic E-state index is 12.1. The molecule has 3 N–H and O–H groups in total. The highest BCUT2D eigenvalue weighted by molar-refractivity contribution is 5.77. The Morgan fingerprint density at radius 1 is 1.30 bits per heavy atom. The van der Waals surface area contributed by atoms with Crippen molar-refractivity contribution >= 4 is 5.91 Å². The van der Waals surface area contributed by atoms with Gasteiger partial charge < -0.3 is 10.6 Å².